The van der Waals surface area contributed by atoms with Crippen LogP contribution in [0.4, 0.5) is 0 Å². The molecule has 0 aliphatic heterocycles. The summed E-state index contributed by atoms with van der Waals surface area (Å²) in [6.45, 7) is 0. The smallest absolute Gasteiger partial charge is 0.543 e. The molecular formula is C9H8NNaO2. The Hall–Kier alpha value is -0.380. The summed E-state index contributed by atoms with van der Waals surface area (Å²) in [7, 11) is 0. The fourth-order valence-electron chi connectivity index (χ4n) is 1.53. The standard InChI is InChI=1S/C9H9NO2.Na/c11-9(12)8-5-4-6-2-1-3-7(6)10-8;/h4-5H,1-3H2,(H,11,12);/q;+1/p-1. The Morgan fingerprint density at radius 3 is 2.85 bits per heavy atom. The van der Waals surface area contributed by atoms with Crippen LogP contribution in [-0.2, 0) is 12.8 Å². The number of carbonyl (C=O) groups excluding carboxylic acids is 1. The SMILES string of the molecule is O=C([O-])c1ccc2c(n1)CCC2.[Na+]. The van der Waals surface area contributed by atoms with Gasteiger partial charge in [0.05, 0.1) is 11.7 Å². The molecular weight excluding hydrogens is 177 g/mol. The summed E-state index contributed by atoms with van der Waals surface area (Å²) in [6.07, 6.45) is 3.00. The molecule has 0 unspecified atom stereocenters. The molecule has 1 heterocycles. The number of carboxylic acids is 1. The van der Waals surface area contributed by atoms with Gasteiger partial charge in [-0.25, -0.2) is 0 Å². The summed E-state index contributed by atoms with van der Waals surface area (Å²) in [5, 5.41) is 10.4. The molecule has 62 valence electrons. The number of aromatic carboxylic acids is 1. The summed E-state index contributed by atoms with van der Waals surface area (Å²) < 4.78 is 0. The Labute approximate surface area is 98.5 Å². The van der Waals surface area contributed by atoms with E-state index in [0.717, 1.165) is 25.0 Å². The number of aryl methyl sites for hydroxylation is 2. The molecule has 0 spiro atoms. The van der Waals surface area contributed by atoms with E-state index in [1.165, 1.54) is 11.6 Å². The molecule has 1 aliphatic carbocycles. The maximum atomic E-state index is 10.4. The van der Waals surface area contributed by atoms with Crippen LogP contribution in [0.5, 0.6) is 0 Å². The van der Waals surface area contributed by atoms with Gasteiger partial charge in [0.15, 0.2) is 0 Å². The number of carboxylic acid groups (broad SMARTS) is 1. The van der Waals surface area contributed by atoms with Crippen molar-refractivity contribution in [3.63, 3.8) is 0 Å². The van der Waals surface area contributed by atoms with Gasteiger partial charge in [-0.2, -0.15) is 0 Å². The Kier molecular flexibility index (Phi) is 3.47. The molecule has 0 N–H and O–H groups in total. The van der Waals surface area contributed by atoms with Gasteiger partial charge in [-0.3, -0.25) is 4.98 Å². The molecule has 0 radical (unpaired) electrons. The first-order chi connectivity index (χ1) is 5.77. The Balaban J connectivity index is 0.000000845. The number of hydrogen-bond donors (Lipinski definition) is 0. The van der Waals surface area contributed by atoms with Crippen molar-refractivity contribution in [2.75, 3.05) is 0 Å². The molecule has 4 heteroatoms. The molecule has 13 heavy (non-hydrogen) atoms. The molecule has 0 saturated heterocycles. The van der Waals surface area contributed by atoms with Gasteiger partial charge in [0.2, 0.25) is 0 Å². The second-order valence-corrected chi connectivity index (χ2v) is 2.94. The van der Waals surface area contributed by atoms with Gasteiger partial charge in [-0.05, 0) is 30.9 Å². The van der Waals surface area contributed by atoms with Gasteiger partial charge in [0, 0.05) is 5.69 Å². The van der Waals surface area contributed by atoms with Crippen molar-refractivity contribution < 1.29 is 39.5 Å². The van der Waals surface area contributed by atoms with Crippen molar-refractivity contribution in [2.24, 2.45) is 0 Å². The first kappa shape index (κ1) is 10.7. The summed E-state index contributed by atoms with van der Waals surface area (Å²) in [5.74, 6) is -1.19. The van der Waals surface area contributed by atoms with Crippen molar-refractivity contribution in [1.82, 2.24) is 4.98 Å². The van der Waals surface area contributed by atoms with E-state index in [9.17, 15) is 9.90 Å². The van der Waals surface area contributed by atoms with E-state index in [2.05, 4.69) is 4.98 Å². The van der Waals surface area contributed by atoms with E-state index in [1.807, 2.05) is 6.07 Å². The average molecular weight is 185 g/mol. The van der Waals surface area contributed by atoms with Crippen LogP contribution in [0.15, 0.2) is 12.1 Å². The Bertz CT molecular complexity index is 338. The van der Waals surface area contributed by atoms with Gasteiger partial charge < -0.3 is 9.90 Å². The first-order valence-corrected chi connectivity index (χ1v) is 3.97. The molecule has 0 aromatic carbocycles. The second kappa shape index (κ2) is 4.22. The van der Waals surface area contributed by atoms with Crippen LogP contribution in [0.1, 0.15) is 28.2 Å². The number of aromatic nitrogens is 1. The zero-order valence-electron chi connectivity index (χ0n) is 7.54. The van der Waals surface area contributed by atoms with E-state index in [-0.39, 0.29) is 35.3 Å². The second-order valence-electron chi connectivity index (χ2n) is 2.94. The molecule has 1 aromatic heterocycles. The van der Waals surface area contributed by atoms with Gasteiger partial charge >= 0.3 is 29.6 Å². The topological polar surface area (TPSA) is 53.0 Å². The van der Waals surface area contributed by atoms with Crippen LogP contribution in [0.25, 0.3) is 0 Å². The van der Waals surface area contributed by atoms with E-state index >= 15 is 0 Å². The van der Waals surface area contributed by atoms with E-state index in [1.54, 1.807) is 0 Å². The molecule has 1 aliphatic rings. The number of fused-ring (bicyclic) bond motifs is 1. The summed E-state index contributed by atoms with van der Waals surface area (Å²) in [6, 6.07) is 3.35. The molecule has 0 saturated carbocycles. The number of rotatable bonds is 1. The Morgan fingerprint density at radius 2 is 2.15 bits per heavy atom. The number of hydrogen-bond acceptors (Lipinski definition) is 3. The monoisotopic (exact) mass is 185 g/mol. The van der Waals surface area contributed by atoms with E-state index in [0.29, 0.717) is 0 Å². The fourth-order valence-corrected chi connectivity index (χ4v) is 1.53. The molecule has 0 atom stereocenters. The quantitative estimate of drug-likeness (QED) is 0.436. The Morgan fingerprint density at radius 1 is 1.38 bits per heavy atom. The zero-order valence-corrected chi connectivity index (χ0v) is 9.54. The summed E-state index contributed by atoms with van der Waals surface area (Å²) in [4.78, 5) is 14.4. The number of nitrogens with zero attached hydrogens (tertiary/aromatic N) is 1. The van der Waals surface area contributed by atoms with Gasteiger partial charge in [0.25, 0.3) is 0 Å². The average Bonchev–Trinajstić information content (AvgIpc) is 2.49. The molecule has 0 amide bonds. The third kappa shape index (κ3) is 2.10. The van der Waals surface area contributed by atoms with Crippen LogP contribution in [0.2, 0.25) is 0 Å². The number of pyridine rings is 1. The third-order valence-electron chi connectivity index (χ3n) is 2.14. The van der Waals surface area contributed by atoms with E-state index < -0.39 is 5.97 Å². The van der Waals surface area contributed by atoms with Gasteiger partial charge in [-0.15, -0.1) is 0 Å². The van der Waals surface area contributed by atoms with Crippen molar-refractivity contribution >= 4 is 5.97 Å². The molecule has 3 nitrogen and oxygen atoms in total. The number of carbonyl (C=O) groups is 1. The van der Waals surface area contributed by atoms with Crippen molar-refractivity contribution in [3.8, 4) is 0 Å². The maximum Gasteiger partial charge on any atom is 1.00 e. The minimum Gasteiger partial charge on any atom is -0.543 e. The molecule has 0 bridgehead atoms. The first-order valence-electron chi connectivity index (χ1n) is 3.97. The van der Waals surface area contributed by atoms with Crippen molar-refractivity contribution in [2.45, 2.75) is 19.3 Å². The van der Waals surface area contributed by atoms with E-state index in [4.69, 9.17) is 0 Å². The van der Waals surface area contributed by atoms with Crippen molar-refractivity contribution in [1.29, 1.82) is 0 Å². The van der Waals surface area contributed by atoms with Gasteiger partial charge in [-0.1, -0.05) is 6.07 Å². The molecule has 1 aromatic rings. The van der Waals surface area contributed by atoms with Crippen LogP contribution in [-0.4, -0.2) is 11.0 Å². The fraction of sp³-hybridized carbons (Fsp3) is 0.333. The van der Waals surface area contributed by atoms with Crippen LogP contribution < -0.4 is 34.7 Å². The normalized spacial score (nSPS) is 13.2. The largest absolute Gasteiger partial charge is 1.00 e. The molecule has 0 fully saturated rings. The maximum absolute atomic E-state index is 10.4. The molecule has 2 rings (SSSR count). The minimum atomic E-state index is -1.19. The minimum absolute atomic E-state index is 0. The zero-order chi connectivity index (χ0) is 8.55. The van der Waals surface area contributed by atoms with Crippen LogP contribution >= 0.6 is 0 Å². The van der Waals surface area contributed by atoms with Crippen LogP contribution in [0.3, 0.4) is 0 Å². The predicted octanol–water partition coefficient (Wildman–Crippen LogP) is -3.06. The summed E-state index contributed by atoms with van der Waals surface area (Å²) >= 11 is 0. The summed E-state index contributed by atoms with van der Waals surface area (Å²) in [5.41, 5.74) is 2.16. The predicted molar refractivity (Wildman–Crippen MR) is 40.6 cm³/mol. The van der Waals surface area contributed by atoms with Gasteiger partial charge in [0.1, 0.15) is 0 Å². The third-order valence-corrected chi connectivity index (χ3v) is 2.14. The van der Waals surface area contributed by atoms with Crippen molar-refractivity contribution in [3.05, 3.63) is 29.1 Å². The van der Waals surface area contributed by atoms with Crippen LogP contribution in [0, 0.1) is 0 Å².